The van der Waals surface area contributed by atoms with Crippen LogP contribution in [0, 0.1) is 13.8 Å². The summed E-state index contributed by atoms with van der Waals surface area (Å²) in [5, 5.41) is 6.86. The maximum absolute atomic E-state index is 11.9. The summed E-state index contributed by atoms with van der Waals surface area (Å²) in [5.41, 5.74) is 3.77. The minimum atomic E-state index is -0.344. The average Bonchev–Trinajstić information content (AvgIpc) is 2.49. The van der Waals surface area contributed by atoms with Crippen molar-refractivity contribution in [2.75, 3.05) is 5.32 Å². The van der Waals surface area contributed by atoms with Crippen LogP contribution in [0.15, 0.2) is 42.5 Å². The van der Waals surface area contributed by atoms with Gasteiger partial charge >= 0.3 is 0 Å². The van der Waals surface area contributed by atoms with E-state index in [2.05, 4.69) is 10.6 Å². The molecule has 1 amide bonds. The number of hydrogen-bond acceptors (Lipinski definition) is 2. The zero-order chi connectivity index (χ0) is 17.7. The van der Waals surface area contributed by atoms with Gasteiger partial charge < -0.3 is 5.32 Å². The zero-order valence-electron chi connectivity index (χ0n) is 13.2. The van der Waals surface area contributed by atoms with Crippen LogP contribution in [0.25, 0.3) is 6.08 Å². The van der Waals surface area contributed by atoms with Crippen LogP contribution in [0.1, 0.15) is 16.7 Å². The number of aryl methyl sites for hydroxylation is 2. The predicted octanol–water partition coefficient (Wildman–Crippen LogP) is 5.14. The van der Waals surface area contributed by atoms with Crippen molar-refractivity contribution in [3.63, 3.8) is 0 Å². The number of carbonyl (C=O) groups excluding carboxylic acids is 1. The molecule has 2 aromatic carbocycles. The molecule has 0 bridgehead atoms. The molecule has 2 N–H and O–H groups in total. The number of thiocarbonyl (C=S) groups is 1. The van der Waals surface area contributed by atoms with E-state index in [-0.39, 0.29) is 11.0 Å². The Kier molecular flexibility index (Phi) is 6.37. The van der Waals surface area contributed by atoms with Gasteiger partial charge in [0, 0.05) is 21.8 Å². The summed E-state index contributed by atoms with van der Waals surface area (Å²) in [6.45, 7) is 3.99. The molecule has 0 saturated carbocycles. The highest BCUT2D eigenvalue weighted by molar-refractivity contribution is 7.80. The molecule has 0 saturated heterocycles. The molecule has 2 rings (SSSR count). The van der Waals surface area contributed by atoms with Crippen LogP contribution in [0.5, 0.6) is 0 Å². The Hall–Kier alpha value is -1.88. The van der Waals surface area contributed by atoms with E-state index in [1.54, 1.807) is 24.3 Å². The van der Waals surface area contributed by atoms with Crippen LogP contribution in [0.3, 0.4) is 0 Å². The molecule has 0 spiro atoms. The van der Waals surface area contributed by atoms with E-state index in [4.69, 9.17) is 35.4 Å². The topological polar surface area (TPSA) is 41.1 Å². The summed E-state index contributed by atoms with van der Waals surface area (Å²) in [5.74, 6) is -0.344. The molecule has 0 aliphatic rings. The molecule has 3 nitrogen and oxygen atoms in total. The zero-order valence-corrected chi connectivity index (χ0v) is 15.5. The number of halogens is 2. The molecule has 0 heterocycles. The Bertz CT molecular complexity index is 819. The third-order valence-corrected chi connectivity index (χ3v) is 4.01. The lowest BCUT2D eigenvalue weighted by Crippen LogP contribution is -2.33. The van der Waals surface area contributed by atoms with Crippen molar-refractivity contribution in [2.24, 2.45) is 0 Å². The molecule has 0 unspecified atom stereocenters. The number of nitrogens with one attached hydrogen (secondary N) is 2. The first-order valence-electron chi connectivity index (χ1n) is 7.17. The second kappa shape index (κ2) is 8.29. The minimum absolute atomic E-state index is 0.235. The third-order valence-electron chi connectivity index (χ3n) is 3.24. The van der Waals surface area contributed by atoms with Crippen molar-refractivity contribution < 1.29 is 4.79 Å². The van der Waals surface area contributed by atoms with Crippen molar-refractivity contribution in [1.29, 1.82) is 0 Å². The van der Waals surface area contributed by atoms with Crippen molar-refractivity contribution in [3.05, 3.63) is 69.2 Å². The molecule has 0 aliphatic carbocycles. The number of benzene rings is 2. The summed E-state index contributed by atoms with van der Waals surface area (Å²) in [6.07, 6.45) is 2.97. The van der Waals surface area contributed by atoms with Crippen LogP contribution in [0.4, 0.5) is 5.69 Å². The van der Waals surface area contributed by atoms with E-state index < -0.39 is 0 Å². The molecular weight excluding hydrogens is 363 g/mol. The van der Waals surface area contributed by atoms with Gasteiger partial charge in [0.05, 0.1) is 0 Å². The fourth-order valence-electron chi connectivity index (χ4n) is 2.06. The number of anilines is 1. The van der Waals surface area contributed by atoms with E-state index in [1.807, 2.05) is 32.0 Å². The summed E-state index contributed by atoms with van der Waals surface area (Å²) < 4.78 is 0. The van der Waals surface area contributed by atoms with Gasteiger partial charge in [0.25, 0.3) is 0 Å². The first-order chi connectivity index (χ1) is 11.3. The lowest BCUT2D eigenvalue weighted by atomic mass is 10.1. The van der Waals surface area contributed by atoms with Gasteiger partial charge in [-0.15, -0.1) is 0 Å². The molecule has 0 aliphatic heterocycles. The van der Waals surface area contributed by atoms with Gasteiger partial charge in [-0.25, -0.2) is 0 Å². The fraction of sp³-hybridized carbons (Fsp3) is 0.111. The Labute approximate surface area is 156 Å². The highest BCUT2D eigenvalue weighted by Gasteiger charge is 2.04. The summed E-state index contributed by atoms with van der Waals surface area (Å²) in [6, 6.07) is 11.0. The van der Waals surface area contributed by atoms with E-state index in [1.165, 1.54) is 6.08 Å². The van der Waals surface area contributed by atoms with Crippen molar-refractivity contribution >= 4 is 58.2 Å². The second-order valence-corrected chi connectivity index (χ2v) is 6.51. The molecule has 0 radical (unpaired) electrons. The van der Waals surface area contributed by atoms with Crippen LogP contribution in [0.2, 0.25) is 10.0 Å². The third kappa shape index (κ3) is 5.34. The van der Waals surface area contributed by atoms with Gasteiger partial charge in [-0.3, -0.25) is 10.1 Å². The quantitative estimate of drug-likeness (QED) is 0.573. The average molecular weight is 379 g/mol. The largest absolute Gasteiger partial charge is 0.332 e. The monoisotopic (exact) mass is 378 g/mol. The molecule has 2 aromatic rings. The molecule has 24 heavy (non-hydrogen) atoms. The van der Waals surface area contributed by atoms with E-state index in [0.29, 0.717) is 15.6 Å². The summed E-state index contributed by atoms with van der Waals surface area (Å²) in [4.78, 5) is 11.9. The fourth-order valence-corrected chi connectivity index (χ4v) is 2.75. The van der Waals surface area contributed by atoms with Crippen molar-refractivity contribution in [1.82, 2.24) is 5.32 Å². The van der Waals surface area contributed by atoms with Gasteiger partial charge in [-0.2, -0.15) is 0 Å². The maximum Gasteiger partial charge on any atom is 0.250 e. The van der Waals surface area contributed by atoms with E-state index >= 15 is 0 Å². The van der Waals surface area contributed by atoms with Gasteiger partial charge in [-0.05, 0) is 61.5 Å². The highest BCUT2D eigenvalue weighted by Crippen LogP contribution is 2.22. The summed E-state index contributed by atoms with van der Waals surface area (Å²) >= 11 is 17.0. The molecule has 6 heteroatoms. The van der Waals surface area contributed by atoms with Crippen LogP contribution in [-0.2, 0) is 4.79 Å². The highest BCUT2D eigenvalue weighted by atomic mass is 35.5. The predicted molar refractivity (Wildman–Crippen MR) is 106 cm³/mol. The summed E-state index contributed by atoms with van der Waals surface area (Å²) in [7, 11) is 0. The van der Waals surface area contributed by atoms with Crippen molar-refractivity contribution in [3.8, 4) is 0 Å². The Morgan fingerprint density at radius 3 is 2.54 bits per heavy atom. The van der Waals surface area contributed by atoms with Crippen LogP contribution in [-0.4, -0.2) is 11.0 Å². The number of amides is 1. The standard InChI is InChI=1S/C18H16Cl2N2OS/c1-11-3-7-16(12(2)9-11)21-18(24)22-17(23)8-5-13-4-6-14(19)10-15(13)20/h3-10H,1-2H3,(H2,21,22,23,24). The maximum atomic E-state index is 11.9. The molecule has 124 valence electrons. The van der Waals surface area contributed by atoms with Gasteiger partial charge in [0.2, 0.25) is 5.91 Å². The lowest BCUT2D eigenvalue weighted by Gasteiger charge is -2.11. The molecule has 0 atom stereocenters. The SMILES string of the molecule is Cc1ccc(NC(=S)NC(=O)C=Cc2ccc(Cl)cc2Cl)c(C)c1. The Morgan fingerprint density at radius 1 is 1.12 bits per heavy atom. The minimum Gasteiger partial charge on any atom is -0.332 e. The van der Waals surface area contributed by atoms with Gasteiger partial charge in [-0.1, -0.05) is 47.0 Å². The normalized spacial score (nSPS) is 10.7. The Morgan fingerprint density at radius 2 is 1.88 bits per heavy atom. The lowest BCUT2D eigenvalue weighted by molar-refractivity contribution is -0.115. The van der Waals surface area contributed by atoms with E-state index in [0.717, 1.165) is 16.8 Å². The smallest absolute Gasteiger partial charge is 0.250 e. The van der Waals surface area contributed by atoms with Crippen LogP contribution >= 0.6 is 35.4 Å². The van der Waals surface area contributed by atoms with E-state index in [9.17, 15) is 4.79 Å². The number of rotatable bonds is 3. The second-order valence-electron chi connectivity index (χ2n) is 5.26. The Balaban J connectivity index is 1.96. The first-order valence-corrected chi connectivity index (χ1v) is 8.34. The van der Waals surface area contributed by atoms with Crippen LogP contribution < -0.4 is 10.6 Å². The molecular formula is C18H16Cl2N2OS. The van der Waals surface area contributed by atoms with Gasteiger partial charge in [0.1, 0.15) is 0 Å². The molecule has 0 fully saturated rings. The first kappa shape index (κ1) is 18.5. The van der Waals surface area contributed by atoms with Crippen molar-refractivity contribution in [2.45, 2.75) is 13.8 Å². The number of hydrogen-bond donors (Lipinski definition) is 2. The molecule has 0 aromatic heterocycles. The number of carbonyl (C=O) groups is 1. The van der Waals surface area contributed by atoms with Gasteiger partial charge in [0.15, 0.2) is 5.11 Å².